The number of aromatic nitrogens is 4. The molecule has 3 rings (SSSR count). The Bertz CT molecular complexity index is 939. The number of aryl methyl sites for hydroxylation is 4. The Kier molecular flexibility index (Phi) is 4.48. The topological polar surface area (TPSA) is 85.0 Å². The number of fused-ring (bicyclic) bond motifs is 1. The van der Waals surface area contributed by atoms with Gasteiger partial charge in [0.1, 0.15) is 17.4 Å². The van der Waals surface area contributed by atoms with Crippen molar-refractivity contribution in [3.8, 4) is 5.75 Å². The maximum absolute atomic E-state index is 12.6. The fraction of sp³-hybridized carbons (Fsp3) is 0.389. The number of phenols is 1. The van der Waals surface area contributed by atoms with Crippen LogP contribution in [0.1, 0.15) is 34.1 Å². The number of phenolic OH excluding ortho intramolecular Hbond substituents is 1. The van der Waals surface area contributed by atoms with Crippen molar-refractivity contribution < 1.29 is 9.90 Å². The predicted molar refractivity (Wildman–Crippen MR) is 95.8 cm³/mol. The normalized spacial score (nSPS) is 11.2. The average molecular weight is 341 g/mol. The molecule has 0 saturated heterocycles. The molecule has 0 saturated carbocycles. The minimum absolute atomic E-state index is 0.125. The van der Waals surface area contributed by atoms with E-state index >= 15 is 0 Å². The van der Waals surface area contributed by atoms with Crippen LogP contribution in [0.15, 0.2) is 18.2 Å². The highest BCUT2D eigenvalue weighted by Crippen LogP contribution is 2.28. The van der Waals surface area contributed by atoms with Crippen LogP contribution < -0.4 is 5.32 Å². The first-order chi connectivity index (χ1) is 11.9. The maximum atomic E-state index is 12.6. The van der Waals surface area contributed by atoms with Crippen molar-refractivity contribution in [2.24, 2.45) is 7.05 Å². The van der Waals surface area contributed by atoms with Crippen LogP contribution in [0.25, 0.3) is 10.9 Å². The average Bonchev–Trinajstić information content (AvgIpc) is 3.00. The van der Waals surface area contributed by atoms with Gasteiger partial charge in [0, 0.05) is 36.7 Å². The van der Waals surface area contributed by atoms with Gasteiger partial charge in [-0.3, -0.25) is 9.48 Å². The second kappa shape index (κ2) is 6.58. The summed E-state index contributed by atoms with van der Waals surface area (Å²) in [6.07, 6.45) is 0.768. The van der Waals surface area contributed by atoms with Crippen LogP contribution in [-0.4, -0.2) is 36.9 Å². The predicted octanol–water partition coefficient (Wildman–Crippen LogP) is 2.22. The van der Waals surface area contributed by atoms with E-state index in [1.54, 1.807) is 12.1 Å². The van der Waals surface area contributed by atoms with Gasteiger partial charge in [-0.25, -0.2) is 4.98 Å². The summed E-state index contributed by atoms with van der Waals surface area (Å²) >= 11 is 0. The summed E-state index contributed by atoms with van der Waals surface area (Å²) in [5.41, 5.74) is 2.41. The molecule has 0 fully saturated rings. The van der Waals surface area contributed by atoms with Gasteiger partial charge in [-0.15, -0.1) is 0 Å². The lowest BCUT2D eigenvalue weighted by molar-refractivity contribution is 0.0953. The SMILES string of the molecule is Cc1nc(C)n(CCCNC(=O)c2c(C)n(C)c3ccc(O)cc23)n1. The molecule has 1 amide bonds. The van der Waals surface area contributed by atoms with Gasteiger partial charge in [0.05, 0.1) is 5.56 Å². The number of nitrogens with zero attached hydrogens (tertiary/aromatic N) is 4. The van der Waals surface area contributed by atoms with Gasteiger partial charge in [0.15, 0.2) is 0 Å². The highest BCUT2D eigenvalue weighted by atomic mass is 16.3. The lowest BCUT2D eigenvalue weighted by atomic mass is 10.1. The summed E-state index contributed by atoms with van der Waals surface area (Å²) < 4.78 is 3.81. The zero-order valence-corrected chi connectivity index (χ0v) is 15.0. The van der Waals surface area contributed by atoms with Crippen LogP contribution in [-0.2, 0) is 13.6 Å². The monoisotopic (exact) mass is 341 g/mol. The van der Waals surface area contributed by atoms with Crippen molar-refractivity contribution in [1.29, 1.82) is 0 Å². The second-order valence-electron chi connectivity index (χ2n) is 6.26. The van der Waals surface area contributed by atoms with Gasteiger partial charge in [0.2, 0.25) is 0 Å². The van der Waals surface area contributed by atoms with Crippen LogP contribution in [0.5, 0.6) is 5.75 Å². The number of aromatic hydroxyl groups is 1. The summed E-state index contributed by atoms with van der Waals surface area (Å²) in [6.45, 7) is 6.95. The van der Waals surface area contributed by atoms with Gasteiger partial charge in [-0.2, -0.15) is 5.10 Å². The second-order valence-corrected chi connectivity index (χ2v) is 6.26. The molecule has 2 N–H and O–H groups in total. The number of carbonyl (C=O) groups excluding carboxylic acids is 1. The molecular formula is C18H23N5O2. The fourth-order valence-corrected chi connectivity index (χ4v) is 3.14. The molecule has 1 aromatic carbocycles. The Hall–Kier alpha value is -2.83. The first-order valence-corrected chi connectivity index (χ1v) is 8.32. The number of hydrogen-bond donors (Lipinski definition) is 2. The van der Waals surface area contributed by atoms with E-state index in [9.17, 15) is 9.90 Å². The van der Waals surface area contributed by atoms with Gasteiger partial charge in [0.25, 0.3) is 5.91 Å². The lowest BCUT2D eigenvalue weighted by Crippen LogP contribution is -2.26. The number of rotatable bonds is 5. The summed E-state index contributed by atoms with van der Waals surface area (Å²) in [5, 5.41) is 17.8. The van der Waals surface area contributed by atoms with Crippen LogP contribution in [0.4, 0.5) is 0 Å². The van der Waals surface area contributed by atoms with Gasteiger partial charge in [-0.1, -0.05) is 0 Å². The lowest BCUT2D eigenvalue weighted by Gasteiger charge is -2.07. The summed E-state index contributed by atoms with van der Waals surface area (Å²) in [7, 11) is 1.92. The number of nitrogens with one attached hydrogen (secondary N) is 1. The molecule has 0 radical (unpaired) electrons. The van der Waals surface area contributed by atoms with E-state index in [2.05, 4.69) is 15.4 Å². The molecule has 0 aliphatic rings. The molecular weight excluding hydrogens is 318 g/mol. The van der Waals surface area contributed by atoms with Crippen molar-refractivity contribution in [2.75, 3.05) is 6.54 Å². The Morgan fingerprint density at radius 3 is 2.72 bits per heavy atom. The molecule has 7 heteroatoms. The standard InChI is InChI=1S/C18H23N5O2/c1-11-17(15-10-14(24)6-7-16(15)22(11)4)18(25)19-8-5-9-23-13(3)20-12(2)21-23/h6-7,10,24H,5,8-9H2,1-4H3,(H,19,25). The van der Waals surface area contributed by atoms with Crippen LogP contribution in [0.3, 0.4) is 0 Å². The quantitative estimate of drug-likeness (QED) is 0.697. The van der Waals surface area contributed by atoms with Crippen molar-refractivity contribution in [3.63, 3.8) is 0 Å². The summed E-state index contributed by atoms with van der Waals surface area (Å²) in [4.78, 5) is 16.9. The van der Waals surface area contributed by atoms with Gasteiger partial charge in [-0.05, 0) is 45.4 Å². The van der Waals surface area contributed by atoms with E-state index in [0.29, 0.717) is 18.7 Å². The highest BCUT2D eigenvalue weighted by Gasteiger charge is 2.18. The van der Waals surface area contributed by atoms with Crippen molar-refractivity contribution in [3.05, 3.63) is 41.1 Å². The molecule has 25 heavy (non-hydrogen) atoms. The summed E-state index contributed by atoms with van der Waals surface area (Å²) in [6, 6.07) is 5.09. The molecule has 0 bridgehead atoms. The molecule has 0 unspecified atom stereocenters. The molecule has 0 atom stereocenters. The first kappa shape index (κ1) is 17.0. The van der Waals surface area contributed by atoms with E-state index in [1.807, 2.05) is 43.1 Å². The van der Waals surface area contributed by atoms with Crippen molar-refractivity contribution >= 4 is 16.8 Å². The minimum atomic E-state index is -0.125. The van der Waals surface area contributed by atoms with E-state index in [0.717, 1.165) is 34.7 Å². The zero-order valence-electron chi connectivity index (χ0n) is 15.0. The molecule has 132 valence electrons. The van der Waals surface area contributed by atoms with Gasteiger partial charge < -0.3 is 15.0 Å². The van der Waals surface area contributed by atoms with Crippen LogP contribution >= 0.6 is 0 Å². The minimum Gasteiger partial charge on any atom is -0.508 e. The molecule has 7 nitrogen and oxygen atoms in total. The molecule has 2 aromatic heterocycles. The van der Waals surface area contributed by atoms with E-state index in [-0.39, 0.29) is 11.7 Å². The number of benzene rings is 1. The number of hydrogen-bond acceptors (Lipinski definition) is 4. The van der Waals surface area contributed by atoms with E-state index in [1.165, 1.54) is 0 Å². The Labute approximate surface area is 146 Å². The third kappa shape index (κ3) is 3.22. The third-order valence-corrected chi connectivity index (χ3v) is 4.50. The molecule has 0 aliphatic heterocycles. The van der Waals surface area contributed by atoms with E-state index < -0.39 is 0 Å². The zero-order chi connectivity index (χ0) is 18.1. The number of carbonyl (C=O) groups is 1. The number of amides is 1. The Morgan fingerprint density at radius 1 is 1.28 bits per heavy atom. The van der Waals surface area contributed by atoms with Crippen molar-refractivity contribution in [2.45, 2.75) is 33.7 Å². The first-order valence-electron chi connectivity index (χ1n) is 8.32. The Morgan fingerprint density at radius 2 is 2.04 bits per heavy atom. The van der Waals surface area contributed by atoms with E-state index in [4.69, 9.17) is 0 Å². The fourth-order valence-electron chi connectivity index (χ4n) is 3.14. The van der Waals surface area contributed by atoms with Gasteiger partial charge >= 0.3 is 0 Å². The molecule has 3 aromatic rings. The highest BCUT2D eigenvalue weighted by molar-refractivity contribution is 6.08. The largest absolute Gasteiger partial charge is 0.508 e. The Balaban J connectivity index is 1.69. The molecule has 2 heterocycles. The summed E-state index contributed by atoms with van der Waals surface area (Å²) in [5.74, 6) is 1.67. The van der Waals surface area contributed by atoms with Crippen molar-refractivity contribution in [1.82, 2.24) is 24.6 Å². The smallest absolute Gasteiger partial charge is 0.253 e. The van der Waals surface area contributed by atoms with Crippen LogP contribution in [0.2, 0.25) is 0 Å². The molecule has 0 spiro atoms. The van der Waals surface area contributed by atoms with Crippen LogP contribution in [0, 0.1) is 20.8 Å². The third-order valence-electron chi connectivity index (χ3n) is 4.50. The maximum Gasteiger partial charge on any atom is 0.253 e. The molecule has 0 aliphatic carbocycles.